The number of benzene rings is 1. The minimum absolute atomic E-state index is 0.0965. The molecule has 3 heterocycles. The average Bonchev–Trinajstić information content (AvgIpc) is 3.36. The SMILES string of the molecule is CO[C@H]1O[C@H](CO[C@]2(C)O[C@H]3O[C@H](COC(C)=O)[C@@H](OC(C)=O)[C@H](OC(C)=O)[C@H]3O2)[C@@H](OC(C)=O)[C@H](OC(C)=O)[C@H]1OCc1ccccc1. The van der Waals surface area contributed by atoms with Gasteiger partial charge in [-0.25, -0.2) is 0 Å². The largest absolute Gasteiger partial charge is 0.463 e. The van der Waals surface area contributed by atoms with Gasteiger partial charge in [0.05, 0.1) is 13.2 Å². The van der Waals surface area contributed by atoms with E-state index in [9.17, 15) is 24.0 Å². The first-order valence-corrected chi connectivity index (χ1v) is 15.5. The van der Waals surface area contributed by atoms with Crippen LogP contribution >= 0.6 is 0 Å². The van der Waals surface area contributed by atoms with E-state index in [0.717, 1.165) is 19.4 Å². The Labute approximate surface area is 282 Å². The normalized spacial score (nSPS) is 33.9. The zero-order chi connectivity index (χ0) is 35.9. The van der Waals surface area contributed by atoms with Gasteiger partial charge >= 0.3 is 29.8 Å². The van der Waals surface area contributed by atoms with Crippen LogP contribution in [0, 0.1) is 0 Å². The van der Waals surface area contributed by atoms with Gasteiger partial charge < -0.3 is 52.1 Å². The van der Waals surface area contributed by atoms with Crippen LogP contribution in [-0.2, 0) is 87.4 Å². The summed E-state index contributed by atoms with van der Waals surface area (Å²) in [6.07, 6.45) is -11.8. The van der Waals surface area contributed by atoms with Crippen LogP contribution in [0.15, 0.2) is 30.3 Å². The lowest BCUT2D eigenvalue weighted by atomic mass is 9.98. The summed E-state index contributed by atoms with van der Waals surface area (Å²) in [6, 6.07) is 9.21. The fourth-order valence-electron chi connectivity index (χ4n) is 5.68. The minimum Gasteiger partial charge on any atom is -0.463 e. The molecule has 3 aliphatic heterocycles. The Morgan fingerprint density at radius 3 is 1.80 bits per heavy atom. The molecule has 3 saturated heterocycles. The second-order valence-electron chi connectivity index (χ2n) is 11.6. The summed E-state index contributed by atoms with van der Waals surface area (Å²) in [5.41, 5.74) is 0.818. The van der Waals surface area contributed by atoms with Crippen molar-refractivity contribution in [1.82, 2.24) is 0 Å². The molecule has 0 amide bonds. The molecule has 4 rings (SSSR count). The average molecular weight is 699 g/mol. The lowest BCUT2D eigenvalue weighted by Gasteiger charge is -2.44. The maximum Gasteiger partial charge on any atom is 0.303 e. The van der Waals surface area contributed by atoms with E-state index in [1.807, 2.05) is 30.3 Å². The summed E-state index contributed by atoms with van der Waals surface area (Å²) < 4.78 is 69.0. The molecule has 17 heteroatoms. The van der Waals surface area contributed by atoms with E-state index in [-0.39, 0.29) is 19.8 Å². The van der Waals surface area contributed by atoms with E-state index < -0.39 is 97.2 Å². The van der Waals surface area contributed by atoms with Crippen molar-refractivity contribution in [2.45, 2.75) is 116 Å². The summed E-state index contributed by atoms with van der Waals surface area (Å²) in [5, 5.41) is 0. The van der Waals surface area contributed by atoms with Crippen LogP contribution in [0.2, 0.25) is 0 Å². The topological polar surface area (TPSA) is 196 Å². The van der Waals surface area contributed by atoms with Crippen LogP contribution in [0.25, 0.3) is 0 Å². The third-order valence-electron chi connectivity index (χ3n) is 7.55. The molecular weight excluding hydrogens is 656 g/mol. The summed E-state index contributed by atoms with van der Waals surface area (Å²) in [4.78, 5) is 60.2. The van der Waals surface area contributed by atoms with Gasteiger partial charge in [-0.1, -0.05) is 30.3 Å². The lowest BCUT2D eigenvalue weighted by molar-refractivity contribution is -0.366. The minimum atomic E-state index is -1.91. The van der Waals surface area contributed by atoms with Crippen LogP contribution in [0.5, 0.6) is 0 Å². The van der Waals surface area contributed by atoms with Gasteiger partial charge in [0.15, 0.2) is 43.1 Å². The van der Waals surface area contributed by atoms with Gasteiger partial charge in [0.1, 0.15) is 24.9 Å². The summed E-state index contributed by atoms with van der Waals surface area (Å²) in [7, 11) is 1.37. The van der Waals surface area contributed by atoms with E-state index in [1.165, 1.54) is 34.8 Å². The Kier molecular flexibility index (Phi) is 13.1. The van der Waals surface area contributed by atoms with Crippen LogP contribution in [0.3, 0.4) is 0 Å². The van der Waals surface area contributed by atoms with E-state index in [2.05, 4.69) is 0 Å². The van der Waals surface area contributed by atoms with Crippen LogP contribution in [0.4, 0.5) is 0 Å². The molecule has 0 bridgehead atoms. The molecule has 1 aromatic rings. The van der Waals surface area contributed by atoms with Crippen molar-refractivity contribution in [3.05, 3.63) is 35.9 Å². The number of hydrogen-bond acceptors (Lipinski definition) is 17. The van der Waals surface area contributed by atoms with Crippen LogP contribution in [0.1, 0.15) is 47.1 Å². The molecular formula is C32H42O17. The molecule has 3 aliphatic rings. The first kappa shape index (κ1) is 38.1. The maximum atomic E-state index is 12.3. The number of ether oxygens (including phenoxy) is 12. The Bertz CT molecular complexity index is 1320. The molecule has 0 aliphatic carbocycles. The van der Waals surface area contributed by atoms with Gasteiger partial charge in [-0.2, -0.15) is 0 Å². The van der Waals surface area contributed by atoms with Crippen molar-refractivity contribution in [2.24, 2.45) is 0 Å². The summed E-state index contributed by atoms with van der Waals surface area (Å²) >= 11 is 0. The molecule has 49 heavy (non-hydrogen) atoms. The maximum absolute atomic E-state index is 12.3. The fraction of sp³-hybridized carbons (Fsp3) is 0.656. The first-order valence-electron chi connectivity index (χ1n) is 15.5. The van der Waals surface area contributed by atoms with Gasteiger partial charge in [-0.3, -0.25) is 28.7 Å². The number of fused-ring (bicyclic) bond motifs is 1. The Morgan fingerprint density at radius 2 is 1.22 bits per heavy atom. The van der Waals surface area contributed by atoms with Crippen LogP contribution in [-0.4, -0.2) is 118 Å². The number of rotatable bonds is 13. The molecule has 11 atom stereocenters. The molecule has 17 nitrogen and oxygen atoms in total. The van der Waals surface area contributed by atoms with Crippen molar-refractivity contribution in [1.29, 1.82) is 0 Å². The Morgan fingerprint density at radius 1 is 0.673 bits per heavy atom. The summed E-state index contributed by atoms with van der Waals surface area (Å²) in [5.74, 6) is -5.36. The predicted molar refractivity (Wildman–Crippen MR) is 159 cm³/mol. The molecule has 272 valence electrons. The zero-order valence-corrected chi connectivity index (χ0v) is 28.2. The number of hydrogen-bond donors (Lipinski definition) is 0. The highest BCUT2D eigenvalue weighted by atomic mass is 16.9. The standard InChI is InChI=1S/C32H42O17/c1-16(33)39-14-22-24(42-17(2)34)27(45-20(5)37)29-31(47-22)49-32(6,48-29)41-15-23-25(43-18(3)35)26(44-19(4)36)28(30(38-7)46-23)40-13-21-11-9-8-10-12-21/h8-12,22-31H,13-15H2,1-7H3/t22-,23-,24-,25-,26+,27+,28-,29-,30+,31-,32+/m1/s1. The third-order valence-corrected chi connectivity index (χ3v) is 7.55. The Hall–Kier alpha value is -3.71. The smallest absolute Gasteiger partial charge is 0.303 e. The van der Waals surface area contributed by atoms with Crippen LogP contribution < -0.4 is 0 Å². The van der Waals surface area contributed by atoms with E-state index in [0.29, 0.717) is 0 Å². The number of carbonyl (C=O) groups is 5. The third kappa shape index (κ3) is 10.2. The zero-order valence-electron chi connectivity index (χ0n) is 28.2. The highest BCUT2D eigenvalue weighted by Crippen LogP contribution is 2.40. The monoisotopic (exact) mass is 698 g/mol. The van der Waals surface area contributed by atoms with Gasteiger partial charge in [-0.05, 0) is 5.56 Å². The van der Waals surface area contributed by atoms with Crippen molar-refractivity contribution in [2.75, 3.05) is 20.3 Å². The second kappa shape index (κ2) is 16.8. The highest BCUT2D eigenvalue weighted by Gasteiger charge is 2.60. The van der Waals surface area contributed by atoms with Gasteiger partial charge in [-0.15, -0.1) is 0 Å². The van der Waals surface area contributed by atoms with Gasteiger partial charge in [0.2, 0.25) is 0 Å². The molecule has 3 fully saturated rings. The van der Waals surface area contributed by atoms with Crippen molar-refractivity contribution in [3.63, 3.8) is 0 Å². The predicted octanol–water partition coefficient (Wildman–Crippen LogP) is 1.06. The molecule has 0 unspecified atom stereocenters. The number of methoxy groups -OCH3 is 1. The van der Waals surface area contributed by atoms with E-state index in [4.69, 9.17) is 56.8 Å². The molecule has 0 aromatic heterocycles. The summed E-state index contributed by atoms with van der Waals surface area (Å²) in [6.45, 7) is 6.60. The quantitative estimate of drug-likeness (QED) is 0.209. The molecule has 0 saturated carbocycles. The molecule has 1 aromatic carbocycles. The highest BCUT2D eigenvalue weighted by molar-refractivity contribution is 5.68. The number of esters is 5. The van der Waals surface area contributed by atoms with E-state index in [1.54, 1.807) is 0 Å². The van der Waals surface area contributed by atoms with Crippen molar-refractivity contribution >= 4 is 29.8 Å². The number of carbonyl (C=O) groups excluding carboxylic acids is 5. The van der Waals surface area contributed by atoms with Crippen molar-refractivity contribution < 1.29 is 80.8 Å². The van der Waals surface area contributed by atoms with Crippen molar-refractivity contribution in [3.8, 4) is 0 Å². The molecule has 0 spiro atoms. The molecule has 0 radical (unpaired) electrons. The second-order valence-corrected chi connectivity index (χ2v) is 11.6. The molecule has 0 N–H and O–H groups in total. The lowest BCUT2D eigenvalue weighted by Crippen LogP contribution is -2.62. The first-order chi connectivity index (χ1) is 23.2. The van der Waals surface area contributed by atoms with Gasteiger partial charge in [0, 0.05) is 48.7 Å². The van der Waals surface area contributed by atoms with Gasteiger partial charge in [0.25, 0.3) is 5.97 Å². The fourth-order valence-corrected chi connectivity index (χ4v) is 5.68. The Balaban J connectivity index is 1.55. The van der Waals surface area contributed by atoms with E-state index >= 15 is 0 Å².